The maximum absolute atomic E-state index is 12.2. The summed E-state index contributed by atoms with van der Waals surface area (Å²) in [6.07, 6.45) is 12.0. The molecule has 31 heavy (non-hydrogen) atoms. The van der Waals surface area contributed by atoms with Crippen LogP contribution in [0.5, 0.6) is 0 Å². The van der Waals surface area contributed by atoms with Gasteiger partial charge in [0, 0.05) is 25.4 Å². The molecular formula is C26H39NO4. The minimum absolute atomic E-state index is 0.0851. The van der Waals surface area contributed by atoms with Crippen molar-refractivity contribution >= 4 is 5.91 Å². The van der Waals surface area contributed by atoms with Crippen molar-refractivity contribution in [2.24, 2.45) is 23.7 Å². The van der Waals surface area contributed by atoms with Crippen molar-refractivity contribution in [1.29, 1.82) is 0 Å². The molecular weight excluding hydrogens is 390 g/mol. The second-order valence-corrected chi connectivity index (χ2v) is 9.52. The van der Waals surface area contributed by atoms with Crippen LogP contribution in [-0.2, 0) is 9.53 Å². The summed E-state index contributed by atoms with van der Waals surface area (Å²) >= 11 is 0. The Morgan fingerprint density at radius 2 is 2.06 bits per heavy atom. The average molecular weight is 430 g/mol. The predicted molar refractivity (Wildman–Crippen MR) is 122 cm³/mol. The number of carbonyl (C=O) groups excluding carboxylic acids is 1. The molecule has 3 aliphatic rings. The zero-order chi connectivity index (χ0) is 22.2. The number of ether oxygens (including phenoxy) is 1. The molecule has 0 aromatic heterocycles. The van der Waals surface area contributed by atoms with Crippen molar-refractivity contribution in [2.75, 3.05) is 26.3 Å². The largest absolute Gasteiger partial charge is 0.392 e. The molecule has 1 saturated heterocycles. The summed E-state index contributed by atoms with van der Waals surface area (Å²) in [5.41, 5.74) is 1.37. The number of hydrogen-bond acceptors (Lipinski definition) is 4. The Hall–Kier alpha value is -1.61. The summed E-state index contributed by atoms with van der Waals surface area (Å²) < 4.78 is 5.64. The molecule has 1 aliphatic heterocycles. The summed E-state index contributed by atoms with van der Waals surface area (Å²) in [5, 5.41) is 20.9. The molecule has 5 heteroatoms. The second kappa shape index (κ2) is 11.9. The van der Waals surface area contributed by atoms with Crippen LogP contribution < -0.4 is 0 Å². The van der Waals surface area contributed by atoms with Crippen molar-refractivity contribution in [1.82, 2.24) is 4.90 Å². The number of nitrogens with zero attached hydrogens (tertiary/aromatic N) is 1. The Bertz CT molecular complexity index is 713. The van der Waals surface area contributed by atoms with E-state index in [4.69, 9.17) is 4.74 Å². The van der Waals surface area contributed by atoms with E-state index in [0.717, 1.165) is 45.2 Å². The molecule has 5 nitrogen and oxygen atoms in total. The molecule has 0 bridgehead atoms. The first-order chi connectivity index (χ1) is 15.0. The van der Waals surface area contributed by atoms with Crippen molar-refractivity contribution in [2.45, 2.75) is 71.0 Å². The Labute approximate surface area is 187 Å². The first-order valence-corrected chi connectivity index (χ1v) is 12.0. The van der Waals surface area contributed by atoms with Gasteiger partial charge in [-0.2, -0.15) is 0 Å². The molecule has 2 aliphatic carbocycles. The highest BCUT2D eigenvalue weighted by atomic mass is 16.5. The number of allylic oxidation sites excluding steroid dienone is 1. The lowest BCUT2D eigenvalue weighted by Crippen LogP contribution is -2.38. The number of aliphatic hydroxyl groups excluding tert-OH is 2. The predicted octanol–water partition coefficient (Wildman–Crippen LogP) is 3.32. The van der Waals surface area contributed by atoms with Gasteiger partial charge in [0.15, 0.2) is 0 Å². The monoisotopic (exact) mass is 429 g/mol. The SMILES string of the molecule is CC#CC[C@H](C)[C@H](O)C=C[C@@H]1[C@H]2CC(=CCOCC(=O)N3CCCCC3)C[C@H]2C[C@H]1O. The number of hydrogen-bond donors (Lipinski definition) is 2. The molecule has 0 aromatic rings. The van der Waals surface area contributed by atoms with Crippen molar-refractivity contribution in [3.8, 4) is 11.8 Å². The quantitative estimate of drug-likeness (QED) is 0.353. The molecule has 2 N–H and O–H groups in total. The molecule has 0 radical (unpaired) electrons. The van der Waals surface area contributed by atoms with Gasteiger partial charge in [-0.25, -0.2) is 0 Å². The second-order valence-electron chi connectivity index (χ2n) is 9.52. The number of piperidine rings is 1. The van der Waals surface area contributed by atoms with Crippen LogP contribution in [0.15, 0.2) is 23.8 Å². The van der Waals surface area contributed by atoms with E-state index in [9.17, 15) is 15.0 Å². The molecule has 3 fully saturated rings. The molecule has 2 saturated carbocycles. The van der Waals surface area contributed by atoms with Crippen LogP contribution >= 0.6 is 0 Å². The molecule has 1 amide bonds. The van der Waals surface area contributed by atoms with Crippen LogP contribution in [0, 0.1) is 35.5 Å². The van der Waals surface area contributed by atoms with E-state index in [1.807, 2.05) is 30.9 Å². The Morgan fingerprint density at radius 1 is 1.29 bits per heavy atom. The summed E-state index contributed by atoms with van der Waals surface area (Å²) in [4.78, 5) is 14.1. The lowest BCUT2D eigenvalue weighted by Gasteiger charge is -2.26. The zero-order valence-electron chi connectivity index (χ0n) is 19.1. The van der Waals surface area contributed by atoms with Crippen LogP contribution in [0.1, 0.15) is 58.8 Å². The van der Waals surface area contributed by atoms with E-state index in [1.165, 1.54) is 12.0 Å². The summed E-state index contributed by atoms with van der Waals surface area (Å²) in [7, 11) is 0. The zero-order valence-corrected chi connectivity index (χ0v) is 19.1. The highest BCUT2D eigenvalue weighted by Gasteiger charge is 2.45. The first-order valence-electron chi connectivity index (χ1n) is 12.0. The number of likely N-dealkylation sites (tertiary alicyclic amines) is 1. The minimum atomic E-state index is -0.533. The molecule has 6 atom stereocenters. The van der Waals surface area contributed by atoms with E-state index >= 15 is 0 Å². The maximum atomic E-state index is 12.2. The third-order valence-corrected chi connectivity index (χ3v) is 7.25. The standard InChI is InChI=1S/C26H39NO4/c1-3-4-8-19(2)24(28)10-9-22-23-16-20(15-21(23)17-25(22)29)11-14-31-18-26(30)27-12-6-5-7-13-27/h9-11,19,21-25,28-29H,5-8,12-18H2,1-2H3/t19-,21-,22+,23-,24+,25+/m0/s1. The number of amides is 1. The third-order valence-electron chi connectivity index (χ3n) is 7.25. The lowest BCUT2D eigenvalue weighted by atomic mass is 9.89. The highest BCUT2D eigenvalue weighted by Crippen LogP contribution is 2.50. The van der Waals surface area contributed by atoms with E-state index in [1.54, 1.807) is 0 Å². The lowest BCUT2D eigenvalue weighted by molar-refractivity contribution is -0.136. The van der Waals surface area contributed by atoms with Crippen molar-refractivity contribution < 1.29 is 19.7 Å². The van der Waals surface area contributed by atoms with E-state index in [2.05, 4.69) is 17.9 Å². The summed E-state index contributed by atoms with van der Waals surface area (Å²) in [6.45, 7) is 6.18. The third kappa shape index (κ3) is 6.68. The van der Waals surface area contributed by atoms with Gasteiger partial charge in [0.25, 0.3) is 0 Å². The van der Waals surface area contributed by atoms with E-state index < -0.39 is 6.10 Å². The topological polar surface area (TPSA) is 70.0 Å². The van der Waals surface area contributed by atoms with Gasteiger partial charge in [-0.05, 0) is 63.2 Å². The van der Waals surface area contributed by atoms with Gasteiger partial charge in [-0.3, -0.25) is 4.79 Å². The fraction of sp³-hybridized carbons (Fsp3) is 0.731. The maximum Gasteiger partial charge on any atom is 0.248 e. The molecule has 0 spiro atoms. The van der Waals surface area contributed by atoms with Gasteiger partial charge in [0.05, 0.1) is 18.8 Å². The fourth-order valence-electron chi connectivity index (χ4n) is 5.31. The van der Waals surface area contributed by atoms with Gasteiger partial charge in [-0.15, -0.1) is 11.8 Å². The average Bonchev–Trinajstić information content (AvgIpc) is 3.30. The molecule has 3 rings (SSSR count). The number of rotatable bonds is 8. The molecule has 0 unspecified atom stereocenters. The molecule has 1 heterocycles. The highest BCUT2D eigenvalue weighted by molar-refractivity contribution is 5.77. The fourth-order valence-corrected chi connectivity index (χ4v) is 5.31. The van der Waals surface area contributed by atoms with Gasteiger partial charge in [-0.1, -0.05) is 30.7 Å². The van der Waals surface area contributed by atoms with Crippen LogP contribution in [0.3, 0.4) is 0 Å². The number of carbonyl (C=O) groups is 1. The van der Waals surface area contributed by atoms with Crippen LogP contribution in [0.25, 0.3) is 0 Å². The van der Waals surface area contributed by atoms with Crippen molar-refractivity contribution in [3.63, 3.8) is 0 Å². The normalized spacial score (nSPS) is 31.5. The minimum Gasteiger partial charge on any atom is -0.392 e. The Morgan fingerprint density at radius 3 is 2.81 bits per heavy atom. The van der Waals surface area contributed by atoms with E-state index in [0.29, 0.717) is 24.9 Å². The van der Waals surface area contributed by atoms with Gasteiger partial charge in [0.1, 0.15) is 6.61 Å². The Balaban J connectivity index is 1.45. The smallest absolute Gasteiger partial charge is 0.248 e. The summed E-state index contributed by atoms with van der Waals surface area (Å²) in [6, 6.07) is 0. The van der Waals surface area contributed by atoms with Gasteiger partial charge >= 0.3 is 0 Å². The summed E-state index contributed by atoms with van der Waals surface area (Å²) in [5.74, 6) is 7.09. The molecule has 0 aromatic carbocycles. The van der Waals surface area contributed by atoms with Crippen LogP contribution in [0.2, 0.25) is 0 Å². The van der Waals surface area contributed by atoms with Crippen molar-refractivity contribution in [3.05, 3.63) is 23.8 Å². The van der Waals surface area contributed by atoms with Crippen LogP contribution in [0.4, 0.5) is 0 Å². The Kier molecular flexibility index (Phi) is 9.19. The number of aliphatic hydroxyl groups is 2. The number of fused-ring (bicyclic) bond motifs is 1. The van der Waals surface area contributed by atoms with Gasteiger partial charge in [0.2, 0.25) is 5.91 Å². The van der Waals surface area contributed by atoms with E-state index in [-0.39, 0.29) is 30.5 Å². The van der Waals surface area contributed by atoms with Crippen LogP contribution in [-0.4, -0.2) is 59.5 Å². The van der Waals surface area contributed by atoms with Gasteiger partial charge < -0.3 is 19.8 Å². The molecule has 172 valence electrons. The first kappa shape index (κ1) is 24.0.